The maximum atomic E-state index is 13.5. The largest absolute Gasteiger partial charge is 0.382 e. The molecule has 3 rings (SSSR count). The SMILES string of the molecule is CCOCCCN1C(=O)C(Nc2cccc(F)c2)=C(c2cccs2)C1=O. The van der Waals surface area contributed by atoms with E-state index in [9.17, 15) is 14.0 Å². The predicted octanol–water partition coefficient (Wildman–Crippen LogP) is 3.51. The minimum Gasteiger partial charge on any atom is -0.382 e. The van der Waals surface area contributed by atoms with E-state index in [2.05, 4.69) is 5.32 Å². The Morgan fingerprint density at radius 3 is 2.73 bits per heavy atom. The van der Waals surface area contributed by atoms with E-state index < -0.39 is 11.7 Å². The number of amides is 2. The number of halogens is 1. The van der Waals surface area contributed by atoms with Crippen LogP contribution in [0.1, 0.15) is 18.2 Å². The standard InChI is InChI=1S/C19H19FN2O3S/c1-2-25-10-5-9-22-18(23)16(15-8-4-11-26-15)17(19(22)24)21-14-7-3-6-13(20)12-14/h3-4,6-8,11-12,21H,2,5,9-10H2,1H3. The lowest BCUT2D eigenvalue weighted by Crippen LogP contribution is -2.33. The molecule has 1 aromatic carbocycles. The van der Waals surface area contributed by atoms with E-state index >= 15 is 0 Å². The zero-order chi connectivity index (χ0) is 18.5. The molecule has 0 aliphatic carbocycles. The molecule has 0 saturated heterocycles. The summed E-state index contributed by atoms with van der Waals surface area (Å²) in [6.07, 6.45) is 0.566. The fourth-order valence-corrected chi connectivity index (χ4v) is 3.49. The van der Waals surface area contributed by atoms with Crippen molar-refractivity contribution < 1.29 is 18.7 Å². The van der Waals surface area contributed by atoms with Crippen LogP contribution in [0.15, 0.2) is 47.5 Å². The first-order valence-corrected chi connectivity index (χ1v) is 9.24. The van der Waals surface area contributed by atoms with Crippen molar-refractivity contribution in [3.63, 3.8) is 0 Å². The summed E-state index contributed by atoms with van der Waals surface area (Å²) in [5.41, 5.74) is 0.927. The van der Waals surface area contributed by atoms with Gasteiger partial charge in [-0.1, -0.05) is 12.1 Å². The molecule has 0 spiro atoms. The summed E-state index contributed by atoms with van der Waals surface area (Å²) in [4.78, 5) is 27.6. The number of carbonyl (C=O) groups is 2. The molecule has 7 heteroatoms. The molecule has 136 valence electrons. The molecule has 0 unspecified atom stereocenters. The van der Waals surface area contributed by atoms with Gasteiger partial charge in [0.15, 0.2) is 0 Å². The monoisotopic (exact) mass is 374 g/mol. The Bertz CT molecular complexity index is 833. The van der Waals surface area contributed by atoms with Crippen molar-refractivity contribution in [2.45, 2.75) is 13.3 Å². The van der Waals surface area contributed by atoms with Gasteiger partial charge in [-0.3, -0.25) is 14.5 Å². The Balaban J connectivity index is 1.88. The molecular weight excluding hydrogens is 355 g/mol. The van der Waals surface area contributed by atoms with Gasteiger partial charge in [0.25, 0.3) is 11.8 Å². The van der Waals surface area contributed by atoms with Crippen LogP contribution in [-0.4, -0.2) is 36.5 Å². The molecule has 1 aromatic heterocycles. The first-order valence-electron chi connectivity index (χ1n) is 8.36. The highest BCUT2D eigenvalue weighted by atomic mass is 32.1. The molecule has 26 heavy (non-hydrogen) atoms. The highest BCUT2D eigenvalue weighted by Crippen LogP contribution is 2.32. The maximum absolute atomic E-state index is 13.5. The highest BCUT2D eigenvalue weighted by molar-refractivity contribution is 7.11. The fourth-order valence-electron chi connectivity index (χ4n) is 2.72. The van der Waals surface area contributed by atoms with Crippen molar-refractivity contribution in [3.8, 4) is 0 Å². The van der Waals surface area contributed by atoms with E-state index in [1.54, 1.807) is 18.2 Å². The molecule has 0 atom stereocenters. The van der Waals surface area contributed by atoms with Crippen LogP contribution in [0.5, 0.6) is 0 Å². The number of rotatable bonds is 8. The Morgan fingerprint density at radius 1 is 1.19 bits per heavy atom. The van der Waals surface area contributed by atoms with E-state index in [1.807, 2.05) is 18.4 Å². The summed E-state index contributed by atoms with van der Waals surface area (Å²) < 4.78 is 18.8. The van der Waals surface area contributed by atoms with Gasteiger partial charge >= 0.3 is 0 Å². The zero-order valence-corrected chi connectivity index (χ0v) is 15.1. The number of hydrogen-bond acceptors (Lipinski definition) is 5. The van der Waals surface area contributed by atoms with E-state index in [1.165, 1.54) is 28.4 Å². The van der Waals surface area contributed by atoms with Crippen molar-refractivity contribution in [2.24, 2.45) is 0 Å². The first-order chi connectivity index (χ1) is 12.6. The van der Waals surface area contributed by atoms with Crippen molar-refractivity contribution in [2.75, 3.05) is 25.1 Å². The minimum atomic E-state index is -0.418. The number of nitrogens with zero attached hydrogens (tertiary/aromatic N) is 1. The second-order valence-corrected chi connectivity index (χ2v) is 6.62. The molecule has 2 heterocycles. The second-order valence-electron chi connectivity index (χ2n) is 5.68. The normalized spacial score (nSPS) is 14.5. The number of carbonyl (C=O) groups excluding carboxylic acids is 2. The molecule has 1 aliphatic rings. The Kier molecular flexibility index (Phi) is 5.80. The van der Waals surface area contributed by atoms with Gasteiger partial charge < -0.3 is 10.1 Å². The van der Waals surface area contributed by atoms with Crippen LogP contribution in [0.3, 0.4) is 0 Å². The molecule has 0 saturated carbocycles. The van der Waals surface area contributed by atoms with Gasteiger partial charge in [0.2, 0.25) is 0 Å². The average molecular weight is 374 g/mol. The Labute approximate surface area is 155 Å². The van der Waals surface area contributed by atoms with Crippen molar-refractivity contribution in [3.05, 3.63) is 58.2 Å². The van der Waals surface area contributed by atoms with Crippen LogP contribution in [-0.2, 0) is 14.3 Å². The number of imide groups is 1. The topological polar surface area (TPSA) is 58.6 Å². The molecule has 2 aromatic rings. The van der Waals surface area contributed by atoms with Gasteiger partial charge in [-0.2, -0.15) is 0 Å². The number of anilines is 1. The van der Waals surface area contributed by atoms with Gasteiger partial charge in [-0.15, -0.1) is 11.3 Å². The zero-order valence-electron chi connectivity index (χ0n) is 14.3. The van der Waals surface area contributed by atoms with Gasteiger partial charge in [0.1, 0.15) is 11.5 Å². The second kappa shape index (κ2) is 8.25. The van der Waals surface area contributed by atoms with Crippen molar-refractivity contribution >= 4 is 34.4 Å². The summed E-state index contributed by atoms with van der Waals surface area (Å²) in [6.45, 7) is 3.24. The molecule has 1 N–H and O–H groups in total. The fraction of sp³-hybridized carbons (Fsp3) is 0.263. The lowest BCUT2D eigenvalue weighted by atomic mass is 10.2. The summed E-state index contributed by atoms with van der Waals surface area (Å²) in [5.74, 6) is -1.16. The van der Waals surface area contributed by atoms with Crippen LogP contribution in [0.2, 0.25) is 0 Å². The number of benzene rings is 1. The Morgan fingerprint density at radius 2 is 2.04 bits per heavy atom. The number of nitrogens with one attached hydrogen (secondary N) is 1. The molecule has 0 bridgehead atoms. The molecule has 2 amide bonds. The highest BCUT2D eigenvalue weighted by Gasteiger charge is 2.39. The third-order valence-corrected chi connectivity index (χ3v) is 4.79. The number of thiophene rings is 1. The Hall–Kier alpha value is -2.51. The van der Waals surface area contributed by atoms with Crippen molar-refractivity contribution in [1.82, 2.24) is 4.90 Å². The van der Waals surface area contributed by atoms with Gasteiger partial charge in [-0.05, 0) is 43.0 Å². The molecule has 0 fully saturated rings. The molecule has 1 aliphatic heterocycles. The van der Waals surface area contributed by atoms with Crippen LogP contribution in [0.25, 0.3) is 5.57 Å². The van der Waals surface area contributed by atoms with E-state index in [0.717, 1.165) is 0 Å². The van der Waals surface area contributed by atoms with Crippen molar-refractivity contribution in [1.29, 1.82) is 0 Å². The summed E-state index contributed by atoms with van der Waals surface area (Å²) in [5, 5.41) is 4.78. The van der Waals surface area contributed by atoms with Crippen LogP contribution < -0.4 is 5.32 Å². The molecule has 0 radical (unpaired) electrons. The summed E-state index contributed by atoms with van der Waals surface area (Å²) in [7, 11) is 0. The van der Waals surface area contributed by atoms with Crippen LogP contribution >= 0.6 is 11.3 Å². The smallest absolute Gasteiger partial charge is 0.278 e. The minimum absolute atomic E-state index is 0.180. The third-order valence-electron chi connectivity index (χ3n) is 3.90. The van der Waals surface area contributed by atoms with Gasteiger partial charge in [0.05, 0.1) is 5.57 Å². The summed E-state index contributed by atoms with van der Waals surface area (Å²) in [6, 6.07) is 9.42. The first kappa shape index (κ1) is 18.3. The van der Waals surface area contributed by atoms with Gasteiger partial charge in [0, 0.05) is 30.3 Å². The quantitative estimate of drug-likeness (QED) is 0.567. The predicted molar refractivity (Wildman–Crippen MR) is 99.1 cm³/mol. The number of hydrogen-bond donors (Lipinski definition) is 1. The van der Waals surface area contributed by atoms with E-state index in [4.69, 9.17) is 4.74 Å². The summed E-state index contributed by atoms with van der Waals surface area (Å²) >= 11 is 1.38. The van der Waals surface area contributed by atoms with Crippen LogP contribution in [0.4, 0.5) is 10.1 Å². The molecular formula is C19H19FN2O3S. The number of ether oxygens (including phenoxy) is 1. The van der Waals surface area contributed by atoms with E-state index in [0.29, 0.717) is 35.8 Å². The van der Waals surface area contributed by atoms with Gasteiger partial charge in [-0.25, -0.2) is 4.39 Å². The third kappa shape index (κ3) is 3.84. The maximum Gasteiger partial charge on any atom is 0.278 e. The average Bonchev–Trinajstić information content (AvgIpc) is 3.21. The lowest BCUT2D eigenvalue weighted by molar-refractivity contribution is -0.137. The van der Waals surface area contributed by atoms with Crippen LogP contribution in [0, 0.1) is 5.82 Å². The molecule has 5 nitrogen and oxygen atoms in total. The van der Waals surface area contributed by atoms with E-state index in [-0.39, 0.29) is 18.1 Å². The lowest BCUT2D eigenvalue weighted by Gasteiger charge is -2.15.